The van der Waals surface area contributed by atoms with Crippen LogP contribution < -0.4 is 20.8 Å². The van der Waals surface area contributed by atoms with Crippen LogP contribution in [0, 0.1) is 0 Å². The molecule has 2 amide bonds. The molecule has 0 bridgehead atoms. The summed E-state index contributed by atoms with van der Waals surface area (Å²) in [4.78, 5) is 21.7. The van der Waals surface area contributed by atoms with Crippen LogP contribution in [0.4, 0.5) is 10.3 Å². The zero-order valence-electron chi connectivity index (χ0n) is 22.2. The number of aromatic nitrogens is 4. The summed E-state index contributed by atoms with van der Waals surface area (Å²) in [7, 11) is -8.13. The van der Waals surface area contributed by atoms with Gasteiger partial charge in [0.1, 0.15) is 0 Å². The van der Waals surface area contributed by atoms with Gasteiger partial charge in [0.05, 0.1) is 0 Å². The van der Waals surface area contributed by atoms with Crippen LogP contribution in [0.5, 0.6) is 11.5 Å². The molecule has 2 aromatic carbocycles. The van der Waals surface area contributed by atoms with Crippen LogP contribution in [-0.2, 0) is 50.7 Å². The third-order valence-corrected chi connectivity index (χ3v) is 9.16. The molecule has 22 heteroatoms. The quantitative estimate of drug-likeness (QED) is 0.187. The molecule has 0 spiro atoms. The first-order valence-electron chi connectivity index (χ1n) is 11.3. The summed E-state index contributed by atoms with van der Waals surface area (Å²) in [5.41, 5.74) is 0.292. The molecule has 17 nitrogen and oxygen atoms in total. The van der Waals surface area contributed by atoms with Gasteiger partial charge in [0.2, 0.25) is 22.1 Å². The average Bonchev–Trinajstić information content (AvgIpc) is 3.64. The predicted octanol–water partition coefficient (Wildman–Crippen LogP) is 0.635. The Morgan fingerprint density at radius 1 is 0.705 bits per heavy atom. The number of benzene rings is 2. The standard InChI is InChI=1S/2C11H10N4O4S2.O.V/c2*1-7(16)13-10-14-15-11(20-10)21(18,19)12-6-8-4-2-3-5-9(8)17;;/h2*2-6,17H,1H3,(H,13,14,16);;/q;;;+2/p-2/b2*12-6+;;. The van der Waals surface area contributed by atoms with Crippen molar-refractivity contribution < 1.29 is 57.7 Å². The second-order valence-corrected chi connectivity index (χ2v) is 13.2. The van der Waals surface area contributed by atoms with Crippen molar-refractivity contribution in [2.24, 2.45) is 8.80 Å². The maximum absolute atomic E-state index is 11.9. The zero-order valence-corrected chi connectivity index (χ0v) is 26.9. The van der Waals surface area contributed by atoms with Gasteiger partial charge in [-0.05, 0) is 11.1 Å². The molecule has 0 fully saturated rings. The van der Waals surface area contributed by atoms with Crippen molar-refractivity contribution in [1.82, 2.24) is 20.4 Å². The number of nitrogens with one attached hydrogen (secondary N) is 2. The first-order chi connectivity index (χ1) is 20.8. The topological polar surface area (TPSA) is 266 Å². The minimum atomic E-state index is -4.07. The van der Waals surface area contributed by atoms with E-state index in [0.29, 0.717) is 22.7 Å². The Kier molecular flexibility index (Phi) is 13.5. The van der Waals surface area contributed by atoms with Crippen LogP contribution in [0.3, 0.4) is 0 Å². The van der Waals surface area contributed by atoms with Gasteiger partial charge < -0.3 is 20.8 Å². The fourth-order valence-corrected chi connectivity index (χ4v) is 6.14. The maximum atomic E-state index is 11.9. The molecule has 0 saturated heterocycles. The van der Waals surface area contributed by atoms with Gasteiger partial charge in [-0.2, -0.15) is 25.6 Å². The average molecular weight is 718 g/mol. The number of sulfonamides is 2. The van der Waals surface area contributed by atoms with Gasteiger partial charge in [-0.15, -0.1) is 31.9 Å². The second kappa shape index (κ2) is 16.5. The molecular weight excluding hydrogens is 700 g/mol. The molecule has 2 aromatic heterocycles. The Labute approximate surface area is 267 Å². The fourth-order valence-electron chi connectivity index (χ4n) is 2.55. The molecule has 0 saturated carbocycles. The molecule has 0 aliphatic rings. The summed E-state index contributed by atoms with van der Waals surface area (Å²) in [6.07, 6.45) is 1.91. The number of rotatable bonds is 8. The third kappa shape index (κ3) is 11.1. The van der Waals surface area contributed by atoms with Gasteiger partial charge >= 0.3 is 41.1 Å². The van der Waals surface area contributed by atoms with E-state index in [1.807, 2.05) is 0 Å². The SMILES string of the molecule is CC(=O)Nc1nnc(S(=O)(=O)/N=C/c2ccccc2[O-])s1.CC(=O)Nc1nnc(S(=O)(=O)/N=C/c2ccccc2[O-])s1.[O]=[V+2]. The van der Waals surface area contributed by atoms with E-state index in [9.17, 15) is 36.6 Å². The number of hydrogen-bond acceptors (Lipinski definition) is 15. The molecule has 2 N–H and O–H groups in total. The van der Waals surface area contributed by atoms with Gasteiger partial charge in [0, 0.05) is 26.3 Å². The number of nitrogens with zero attached hydrogens (tertiary/aromatic N) is 6. The van der Waals surface area contributed by atoms with Crippen molar-refractivity contribution in [3.05, 3.63) is 59.7 Å². The molecule has 4 rings (SSSR count). The zero-order chi connectivity index (χ0) is 32.9. The van der Waals surface area contributed by atoms with Gasteiger partial charge in [0.25, 0.3) is 8.68 Å². The normalized spacial score (nSPS) is 11.3. The third-order valence-electron chi connectivity index (χ3n) is 4.32. The molecular formula is C22H18N8O9S4V. The molecule has 0 aliphatic carbocycles. The molecule has 4 aromatic rings. The van der Waals surface area contributed by atoms with E-state index in [1.165, 1.54) is 38.1 Å². The van der Waals surface area contributed by atoms with Crippen LogP contribution in [0.2, 0.25) is 0 Å². The molecule has 0 unspecified atom stereocenters. The monoisotopic (exact) mass is 717 g/mol. The summed E-state index contributed by atoms with van der Waals surface area (Å²) >= 11 is 2.41. The number of amides is 2. The van der Waals surface area contributed by atoms with Crippen LogP contribution in [0.1, 0.15) is 25.0 Å². The van der Waals surface area contributed by atoms with Crippen molar-refractivity contribution in [3.63, 3.8) is 0 Å². The summed E-state index contributed by atoms with van der Waals surface area (Å²) in [6.45, 7) is 2.53. The number of anilines is 2. The first-order valence-corrected chi connectivity index (χ1v) is 16.4. The van der Waals surface area contributed by atoms with Gasteiger partial charge in [-0.1, -0.05) is 71.2 Å². The van der Waals surface area contributed by atoms with Gasteiger partial charge in [-0.25, -0.2) is 0 Å². The van der Waals surface area contributed by atoms with Gasteiger partial charge in [0.15, 0.2) is 0 Å². The fraction of sp³-hybridized carbons (Fsp3) is 0.0909. The van der Waals surface area contributed by atoms with Crippen molar-refractivity contribution in [2.75, 3.05) is 10.6 Å². The first kappa shape index (κ1) is 35.9. The number of carbonyl (C=O) groups is 2. The molecule has 229 valence electrons. The van der Waals surface area contributed by atoms with Crippen LogP contribution in [-0.4, -0.2) is 61.5 Å². The van der Waals surface area contributed by atoms with E-state index in [4.69, 9.17) is 3.67 Å². The van der Waals surface area contributed by atoms with E-state index < -0.39 is 20.0 Å². The number of carbonyl (C=O) groups excluding carboxylic acids is 2. The molecule has 0 aliphatic heterocycles. The molecule has 0 radical (unpaired) electrons. The Balaban J connectivity index is 0.000000291. The summed E-state index contributed by atoms with van der Waals surface area (Å²) < 4.78 is 61.9. The van der Waals surface area contributed by atoms with E-state index in [0.717, 1.165) is 29.8 Å². The van der Waals surface area contributed by atoms with E-state index >= 15 is 0 Å². The molecule has 44 heavy (non-hydrogen) atoms. The van der Waals surface area contributed by atoms with E-state index in [1.54, 1.807) is 24.3 Å². The van der Waals surface area contributed by atoms with E-state index in [2.05, 4.69) is 39.8 Å². The predicted molar refractivity (Wildman–Crippen MR) is 150 cm³/mol. The number of hydrogen-bond donors (Lipinski definition) is 2. The number of para-hydroxylation sites is 2. The Hall–Kier alpha value is -4.28. The van der Waals surface area contributed by atoms with Crippen LogP contribution >= 0.6 is 22.7 Å². The molecule has 2 heterocycles. The van der Waals surface area contributed by atoms with Crippen molar-refractivity contribution in [3.8, 4) is 11.5 Å². The molecule has 0 atom stereocenters. The summed E-state index contributed by atoms with van der Waals surface area (Å²) in [6, 6.07) is 11.8. The van der Waals surface area contributed by atoms with Crippen molar-refractivity contribution >= 4 is 77.2 Å². The van der Waals surface area contributed by atoms with Crippen molar-refractivity contribution in [2.45, 2.75) is 22.5 Å². The van der Waals surface area contributed by atoms with Crippen LogP contribution in [0.15, 0.2) is 66.0 Å². The van der Waals surface area contributed by atoms with Crippen LogP contribution in [0.25, 0.3) is 0 Å². The Morgan fingerprint density at radius 3 is 1.36 bits per heavy atom. The van der Waals surface area contributed by atoms with Gasteiger partial charge in [-0.3, -0.25) is 9.59 Å². The summed E-state index contributed by atoms with van der Waals surface area (Å²) in [5, 5.41) is 41.6. The Bertz CT molecular complexity index is 1760. The van der Waals surface area contributed by atoms with Crippen molar-refractivity contribution in [1.29, 1.82) is 0 Å². The Morgan fingerprint density at radius 2 is 1.05 bits per heavy atom. The second-order valence-electron chi connectivity index (χ2n) is 7.60. The summed E-state index contributed by atoms with van der Waals surface area (Å²) in [5.74, 6) is -1.46. The van der Waals surface area contributed by atoms with E-state index in [-0.39, 0.29) is 53.4 Å². The minimum absolute atomic E-state index is 0.0560.